The van der Waals surface area contributed by atoms with E-state index in [0.717, 1.165) is 15.6 Å². The number of benzene rings is 3. The van der Waals surface area contributed by atoms with Crippen molar-refractivity contribution in [1.82, 2.24) is 4.90 Å². The number of hydrogen-bond donors (Lipinski definition) is 0. The van der Waals surface area contributed by atoms with Crippen LogP contribution in [0.15, 0.2) is 81.1 Å². The lowest BCUT2D eigenvalue weighted by Gasteiger charge is -2.12. The third kappa shape index (κ3) is 5.85. The standard InChI is InChI=1S/C25H19BrClFN2O2S/c1-2-30-24(31)23(33-25(30)29-20-10-8-19(28)9-11-20)14-17-5-12-22(21(26)13-17)32-15-16-3-6-18(27)7-4-16/h3-14H,2,15H2,1H3/b23-14+,29-25?. The molecule has 4 nitrogen and oxygen atoms in total. The molecule has 0 unspecified atom stereocenters. The van der Waals surface area contributed by atoms with Crippen molar-refractivity contribution in [2.75, 3.05) is 6.54 Å². The fraction of sp³-hybridized carbons (Fsp3) is 0.120. The highest BCUT2D eigenvalue weighted by atomic mass is 79.9. The normalized spacial score (nSPS) is 16.1. The van der Waals surface area contributed by atoms with Crippen molar-refractivity contribution in [2.24, 2.45) is 4.99 Å². The van der Waals surface area contributed by atoms with Gasteiger partial charge in [-0.25, -0.2) is 9.38 Å². The van der Waals surface area contributed by atoms with E-state index >= 15 is 0 Å². The summed E-state index contributed by atoms with van der Waals surface area (Å²) in [6.45, 7) is 2.80. The van der Waals surface area contributed by atoms with Crippen LogP contribution < -0.4 is 4.74 Å². The quantitative estimate of drug-likeness (QED) is 0.302. The number of aliphatic imine (C=N–C) groups is 1. The van der Waals surface area contributed by atoms with Gasteiger partial charge in [-0.1, -0.05) is 29.8 Å². The lowest BCUT2D eigenvalue weighted by molar-refractivity contribution is -0.122. The van der Waals surface area contributed by atoms with Gasteiger partial charge in [-0.05, 0) is 100 Å². The molecule has 1 heterocycles. The van der Waals surface area contributed by atoms with Crippen LogP contribution in [0.3, 0.4) is 0 Å². The zero-order valence-electron chi connectivity index (χ0n) is 17.6. The fourth-order valence-corrected chi connectivity index (χ4v) is 4.81. The second kappa shape index (κ2) is 10.5. The molecule has 0 spiro atoms. The first-order valence-electron chi connectivity index (χ1n) is 10.2. The number of thioether (sulfide) groups is 1. The van der Waals surface area contributed by atoms with E-state index in [9.17, 15) is 9.18 Å². The van der Waals surface area contributed by atoms with E-state index in [1.807, 2.05) is 55.5 Å². The molecule has 1 aliphatic heterocycles. The Morgan fingerprint density at radius 2 is 1.85 bits per heavy atom. The van der Waals surface area contributed by atoms with Crippen molar-refractivity contribution >= 4 is 62.1 Å². The Bertz CT molecular complexity index is 1230. The summed E-state index contributed by atoms with van der Waals surface area (Å²) < 4.78 is 19.9. The average Bonchev–Trinajstić information content (AvgIpc) is 3.09. The molecule has 0 radical (unpaired) electrons. The molecule has 8 heteroatoms. The number of amides is 1. The maximum Gasteiger partial charge on any atom is 0.266 e. The van der Waals surface area contributed by atoms with E-state index < -0.39 is 0 Å². The maximum absolute atomic E-state index is 13.2. The van der Waals surface area contributed by atoms with Gasteiger partial charge in [-0.15, -0.1) is 0 Å². The molecule has 0 N–H and O–H groups in total. The van der Waals surface area contributed by atoms with E-state index in [0.29, 0.717) is 39.7 Å². The van der Waals surface area contributed by atoms with Gasteiger partial charge >= 0.3 is 0 Å². The number of halogens is 3. The van der Waals surface area contributed by atoms with Gasteiger partial charge in [0.25, 0.3) is 5.91 Å². The molecule has 1 amide bonds. The average molecular weight is 546 g/mol. The van der Waals surface area contributed by atoms with Gasteiger partial charge in [0, 0.05) is 11.6 Å². The summed E-state index contributed by atoms with van der Waals surface area (Å²) in [5.41, 5.74) is 2.46. The minimum Gasteiger partial charge on any atom is -0.488 e. The minimum atomic E-state index is -0.326. The molecule has 3 aromatic rings. The lowest BCUT2D eigenvalue weighted by atomic mass is 10.2. The molecule has 168 valence electrons. The van der Waals surface area contributed by atoms with Gasteiger partial charge in [0.1, 0.15) is 18.2 Å². The van der Waals surface area contributed by atoms with Crippen LogP contribution in [-0.4, -0.2) is 22.5 Å². The van der Waals surface area contributed by atoms with E-state index in [2.05, 4.69) is 20.9 Å². The zero-order valence-corrected chi connectivity index (χ0v) is 20.8. The maximum atomic E-state index is 13.2. The van der Waals surface area contributed by atoms with Crippen LogP contribution in [0.25, 0.3) is 6.08 Å². The van der Waals surface area contributed by atoms with Gasteiger partial charge in [-0.2, -0.15) is 0 Å². The van der Waals surface area contributed by atoms with E-state index in [1.54, 1.807) is 17.0 Å². The number of carbonyl (C=O) groups excluding carboxylic acids is 1. The predicted molar refractivity (Wildman–Crippen MR) is 136 cm³/mol. The second-order valence-corrected chi connectivity index (χ2v) is 9.44. The molecule has 4 rings (SSSR count). The van der Waals surface area contributed by atoms with Crippen LogP contribution in [0, 0.1) is 5.82 Å². The zero-order chi connectivity index (χ0) is 23.4. The molecular weight excluding hydrogens is 527 g/mol. The van der Waals surface area contributed by atoms with Crippen LogP contribution >= 0.6 is 39.3 Å². The molecule has 33 heavy (non-hydrogen) atoms. The number of nitrogens with zero attached hydrogens (tertiary/aromatic N) is 2. The Kier molecular flexibility index (Phi) is 7.53. The summed E-state index contributed by atoms with van der Waals surface area (Å²) >= 11 is 10.8. The minimum absolute atomic E-state index is 0.109. The number of ether oxygens (including phenoxy) is 1. The van der Waals surface area contributed by atoms with Crippen molar-refractivity contribution in [3.8, 4) is 5.75 Å². The highest BCUT2D eigenvalue weighted by Gasteiger charge is 2.32. The Hall–Kier alpha value is -2.61. The van der Waals surface area contributed by atoms with Gasteiger partial charge in [0.2, 0.25) is 0 Å². The highest BCUT2D eigenvalue weighted by molar-refractivity contribution is 9.10. The highest BCUT2D eigenvalue weighted by Crippen LogP contribution is 2.35. The third-order valence-electron chi connectivity index (χ3n) is 4.82. The summed E-state index contributed by atoms with van der Waals surface area (Å²) in [5, 5.41) is 1.26. The number of amidine groups is 1. The van der Waals surface area contributed by atoms with Crippen LogP contribution in [0.2, 0.25) is 5.02 Å². The first-order chi connectivity index (χ1) is 15.9. The molecule has 0 aromatic heterocycles. The molecule has 0 bridgehead atoms. The van der Waals surface area contributed by atoms with E-state index in [4.69, 9.17) is 16.3 Å². The van der Waals surface area contributed by atoms with Crippen LogP contribution in [-0.2, 0) is 11.4 Å². The summed E-state index contributed by atoms with van der Waals surface area (Å²) in [5.74, 6) is 0.266. The lowest BCUT2D eigenvalue weighted by Crippen LogP contribution is -2.28. The van der Waals surface area contributed by atoms with Crippen molar-refractivity contribution in [3.63, 3.8) is 0 Å². The van der Waals surface area contributed by atoms with E-state index in [-0.39, 0.29) is 11.7 Å². The summed E-state index contributed by atoms with van der Waals surface area (Å²) in [6, 6.07) is 19.0. The summed E-state index contributed by atoms with van der Waals surface area (Å²) in [7, 11) is 0. The largest absolute Gasteiger partial charge is 0.488 e. The van der Waals surface area contributed by atoms with Gasteiger partial charge in [0.15, 0.2) is 5.17 Å². The Balaban J connectivity index is 1.50. The first-order valence-corrected chi connectivity index (χ1v) is 12.1. The number of rotatable bonds is 6. The van der Waals surface area contributed by atoms with Crippen molar-refractivity contribution < 1.29 is 13.9 Å². The number of likely N-dealkylation sites (N-methyl/N-ethyl adjacent to an activating group) is 1. The molecule has 1 fully saturated rings. The van der Waals surface area contributed by atoms with Crippen molar-refractivity contribution in [3.05, 3.63) is 98.1 Å². The van der Waals surface area contributed by atoms with Crippen LogP contribution in [0.1, 0.15) is 18.1 Å². The van der Waals surface area contributed by atoms with Crippen LogP contribution in [0.5, 0.6) is 5.75 Å². The Morgan fingerprint density at radius 3 is 2.52 bits per heavy atom. The second-order valence-electron chi connectivity index (χ2n) is 7.14. The molecule has 3 aromatic carbocycles. The van der Waals surface area contributed by atoms with E-state index in [1.165, 1.54) is 23.9 Å². The SMILES string of the molecule is CCN1C(=O)/C(=C\c2ccc(OCc3ccc(Cl)cc3)c(Br)c2)SC1=Nc1ccc(F)cc1. The predicted octanol–water partition coefficient (Wildman–Crippen LogP) is 7.44. The summed E-state index contributed by atoms with van der Waals surface area (Å²) in [6.07, 6.45) is 1.83. The third-order valence-corrected chi connectivity index (χ3v) is 6.70. The van der Waals surface area contributed by atoms with Gasteiger partial charge < -0.3 is 4.74 Å². The number of hydrogen-bond acceptors (Lipinski definition) is 4. The number of carbonyl (C=O) groups is 1. The monoisotopic (exact) mass is 544 g/mol. The molecule has 0 saturated carbocycles. The van der Waals surface area contributed by atoms with Gasteiger partial charge in [0.05, 0.1) is 15.1 Å². The summed E-state index contributed by atoms with van der Waals surface area (Å²) in [4.78, 5) is 19.6. The fourth-order valence-electron chi connectivity index (χ4n) is 3.11. The van der Waals surface area contributed by atoms with Crippen molar-refractivity contribution in [2.45, 2.75) is 13.5 Å². The van der Waals surface area contributed by atoms with Gasteiger partial charge in [-0.3, -0.25) is 9.69 Å². The molecule has 0 atom stereocenters. The Morgan fingerprint density at radius 1 is 1.12 bits per heavy atom. The first kappa shape index (κ1) is 23.5. The molecule has 1 aliphatic rings. The Labute approximate surface area is 209 Å². The van der Waals surface area contributed by atoms with Crippen LogP contribution in [0.4, 0.5) is 10.1 Å². The molecule has 0 aliphatic carbocycles. The van der Waals surface area contributed by atoms with Crippen molar-refractivity contribution in [1.29, 1.82) is 0 Å². The smallest absolute Gasteiger partial charge is 0.266 e. The molecular formula is C25H19BrClFN2O2S. The topological polar surface area (TPSA) is 41.9 Å². The molecule has 1 saturated heterocycles.